The lowest BCUT2D eigenvalue weighted by Crippen LogP contribution is -2.36. The largest absolute Gasteiger partial charge is 0.494 e. The number of ether oxygens (including phenoxy) is 1. The van der Waals surface area contributed by atoms with E-state index in [1.165, 1.54) is 17.0 Å². The lowest BCUT2D eigenvalue weighted by Gasteiger charge is -2.17. The van der Waals surface area contributed by atoms with Gasteiger partial charge in [0.1, 0.15) is 5.75 Å². The second kappa shape index (κ2) is 10.6. The summed E-state index contributed by atoms with van der Waals surface area (Å²) in [6.07, 6.45) is 1.64. The van der Waals surface area contributed by atoms with Crippen molar-refractivity contribution in [1.82, 2.24) is 14.9 Å². The Bertz CT molecular complexity index is 1240. The number of anilines is 1. The first kappa shape index (κ1) is 23.7. The van der Waals surface area contributed by atoms with Crippen molar-refractivity contribution in [3.05, 3.63) is 75.8 Å². The number of rotatable bonds is 8. The summed E-state index contributed by atoms with van der Waals surface area (Å²) in [6, 6.07) is 16.3. The van der Waals surface area contributed by atoms with Crippen molar-refractivity contribution in [2.45, 2.75) is 19.9 Å². The lowest BCUT2D eigenvalue weighted by molar-refractivity contribution is -0.126. The molecule has 9 heteroatoms. The van der Waals surface area contributed by atoms with E-state index in [0.29, 0.717) is 18.8 Å². The van der Waals surface area contributed by atoms with E-state index >= 15 is 0 Å². The molecular formula is C25H25BrN4O4. The molecule has 0 bridgehead atoms. The molecule has 0 aliphatic carbocycles. The molecule has 1 aromatic heterocycles. The number of aromatic nitrogens is 2. The molecule has 1 aliphatic rings. The van der Waals surface area contributed by atoms with Crippen LogP contribution in [0.2, 0.25) is 0 Å². The Morgan fingerprint density at radius 1 is 1.18 bits per heavy atom. The highest BCUT2D eigenvalue weighted by Gasteiger charge is 2.35. The van der Waals surface area contributed by atoms with Crippen LogP contribution in [0.4, 0.5) is 5.69 Å². The van der Waals surface area contributed by atoms with Crippen LogP contribution in [0.15, 0.2) is 70.2 Å². The first-order chi connectivity index (χ1) is 16.4. The summed E-state index contributed by atoms with van der Waals surface area (Å²) in [5.74, 6) is 0.0591. The summed E-state index contributed by atoms with van der Waals surface area (Å²) >= 11 is 3.41. The van der Waals surface area contributed by atoms with Gasteiger partial charge in [0.25, 0.3) is 5.56 Å². The number of carbonyl (C=O) groups is 2. The minimum absolute atomic E-state index is 0.0800. The number of nitrogens with zero attached hydrogens (tertiary/aromatic N) is 3. The van der Waals surface area contributed by atoms with Gasteiger partial charge in [-0.3, -0.25) is 19.0 Å². The number of benzene rings is 2. The van der Waals surface area contributed by atoms with Crippen molar-refractivity contribution in [2.75, 3.05) is 24.6 Å². The van der Waals surface area contributed by atoms with Gasteiger partial charge in [-0.1, -0.05) is 22.0 Å². The van der Waals surface area contributed by atoms with Gasteiger partial charge in [-0.05, 0) is 49.4 Å². The Morgan fingerprint density at radius 3 is 2.68 bits per heavy atom. The highest BCUT2D eigenvalue weighted by atomic mass is 79.9. The fraction of sp³-hybridized carbons (Fsp3) is 0.280. The first-order valence-corrected chi connectivity index (χ1v) is 11.9. The van der Waals surface area contributed by atoms with Crippen LogP contribution in [-0.4, -0.2) is 41.1 Å². The van der Waals surface area contributed by atoms with Crippen LogP contribution in [0, 0.1) is 5.92 Å². The first-order valence-electron chi connectivity index (χ1n) is 11.1. The van der Waals surface area contributed by atoms with Crippen LogP contribution >= 0.6 is 15.9 Å². The van der Waals surface area contributed by atoms with Crippen LogP contribution < -0.4 is 20.5 Å². The van der Waals surface area contributed by atoms with Crippen LogP contribution in [0.25, 0.3) is 11.3 Å². The van der Waals surface area contributed by atoms with E-state index < -0.39 is 5.92 Å². The molecule has 3 aromatic rings. The highest BCUT2D eigenvalue weighted by molar-refractivity contribution is 9.10. The van der Waals surface area contributed by atoms with E-state index in [1.54, 1.807) is 4.90 Å². The van der Waals surface area contributed by atoms with Gasteiger partial charge in [-0.25, -0.2) is 4.98 Å². The van der Waals surface area contributed by atoms with Crippen LogP contribution in [-0.2, 0) is 16.1 Å². The van der Waals surface area contributed by atoms with Gasteiger partial charge in [0.2, 0.25) is 11.8 Å². The molecule has 4 rings (SSSR count). The molecular weight excluding hydrogens is 500 g/mol. The van der Waals surface area contributed by atoms with Gasteiger partial charge in [0, 0.05) is 47.8 Å². The molecule has 1 atom stereocenters. The summed E-state index contributed by atoms with van der Waals surface area (Å²) in [5, 5.41) is 2.84. The smallest absolute Gasteiger partial charge is 0.253 e. The predicted molar refractivity (Wildman–Crippen MR) is 133 cm³/mol. The van der Waals surface area contributed by atoms with Gasteiger partial charge >= 0.3 is 0 Å². The number of nitrogens with one attached hydrogen (secondary N) is 1. The van der Waals surface area contributed by atoms with Crippen molar-refractivity contribution >= 4 is 33.4 Å². The van der Waals surface area contributed by atoms with Gasteiger partial charge < -0.3 is 15.0 Å². The molecule has 0 saturated carbocycles. The Balaban J connectivity index is 1.31. The Hall–Kier alpha value is -3.46. The third-order valence-electron chi connectivity index (χ3n) is 5.61. The molecule has 1 saturated heterocycles. The third kappa shape index (κ3) is 5.53. The number of amides is 2. The zero-order chi connectivity index (χ0) is 24.1. The zero-order valence-corrected chi connectivity index (χ0v) is 20.3. The molecule has 176 valence electrons. The maximum Gasteiger partial charge on any atom is 0.253 e. The molecule has 0 spiro atoms. The Labute approximate surface area is 205 Å². The monoisotopic (exact) mass is 524 g/mol. The second-order valence-corrected chi connectivity index (χ2v) is 8.86. The quantitative estimate of drug-likeness (QED) is 0.488. The average molecular weight is 525 g/mol. The summed E-state index contributed by atoms with van der Waals surface area (Å²) in [6.45, 7) is 3.40. The fourth-order valence-electron chi connectivity index (χ4n) is 3.86. The summed E-state index contributed by atoms with van der Waals surface area (Å²) in [4.78, 5) is 43.5. The van der Waals surface area contributed by atoms with Crippen molar-refractivity contribution < 1.29 is 14.3 Å². The molecule has 8 nitrogen and oxygen atoms in total. The van der Waals surface area contributed by atoms with E-state index in [2.05, 4.69) is 26.2 Å². The summed E-state index contributed by atoms with van der Waals surface area (Å²) in [7, 11) is 0. The van der Waals surface area contributed by atoms with Crippen LogP contribution in [0.5, 0.6) is 5.75 Å². The van der Waals surface area contributed by atoms with E-state index in [0.717, 1.165) is 21.5 Å². The normalized spacial score (nSPS) is 15.4. The minimum Gasteiger partial charge on any atom is -0.494 e. The molecule has 1 N–H and O–H groups in total. The Kier molecular flexibility index (Phi) is 7.42. The fourth-order valence-corrected chi connectivity index (χ4v) is 4.25. The second-order valence-electron chi connectivity index (χ2n) is 7.94. The zero-order valence-electron chi connectivity index (χ0n) is 18.7. The minimum atomic E-state index is -0.427. The number of carbonyl (C=O) groups excluding carboxylic acids is 2. The molecule has 34 heavy (non-hydrogen) atoms. The standard InChI is InChI=1S/C25H25BrN4O4/c1-2-34-21-8-6-17(7-9-21)22-14-23(31)29(16-28-22)11-10-27-25(33)18-12-24(32)30(15-18)20-5-3-4-19(26)13-20/h3-9,13-14,16,18H,2,10-12,15H2,1H3,(H,27,33). The van der Waals surface area contributed by atoms with Crippen molar-refractivity contribution in [3.63, 3.8) is 0 Å². The number of halogens is 1. The predicted octanol–water partition coefficient (Wildman–Crippen LogP) is 3.24. The van der Waals surface area contributed by atoms with Gasteiger partial charge in [0.05, 0.1) is 24.5 Å². The molecule has 1 aliphatic heterocycles. The summed E-state index contributed by atoms with van der Waals surface area (Å²) in [5.41, 5.74) is 1.96. The third-order valence-corrected chi connectivity index (χ3v) is 6.10. The average Bonchev–Trinajstić information content (AvgIpc) is 3.22. The van der Waals surface area contributed by atoms with E-state index in [4.69, 9.17) is 4.74 Å². The molecule has 0 radical (unpaired) electrons. The van der Waals surface area contributed by atoms with Crippen molar-refractivity contribution in [3.8, 4) is 17.0 Å². The summed E-state index contributed by atoms with van der Waals surface area (Å²) < 4.78 is 7.76. The molecule has 1 unspecified atom stereocenters. The molecule has 2 heterocycles. The Morgan fingerprint density at radius 2 is 1.97 bits per heavy atom. The van der Waals surface area contributed by atoms with Crippen molar-refractivity contribution in [2.24, 2.45) is 5.92 Å². The van der Waals surface area contributed by atoms with Crippen LogP contribution in [0.1, 0.15) is 13.3 Å². The lowest BCUT2D eigenvalue weighted by atomic mass is 10.1. The van der Waals surface area contributed by atoms with Gasteiger partial charge in [-0.15, -0.1) is 0 Å². The molecule has 1 fully saturated rings. The number of hydrogen-bond acceptors (Lipinski definition) is 5. The van der Waals surface area contributed by atoms with Gasteiger partial charge in [0.15, 0.2) is 0 Å². The SMILES string of the molecule is CCOc1ccc(-c2cc(=O)n(CCNC(=O)C3CC(=O)N(c4cccc(Br)c4)C3)cn2)cc1. The van der Waals surface area contributed by atoms with E-state index in [-0.39, 0.29) is 36.9 Å². The van der Waals surface area contributed by atoms with Gasteiger partial charge in [-0.2, -0.15) is 0 Å². The molecule has 2 amide bonds. The topological polar surface area (TPSA) is 93.5 Å². The molecule has 2 aromatic carbocycles. The van der Waals surface area contributed by atoms with E-state index in [9.17, 15) is 14.4 Å². The van der Waals surface area contributed by atoms with Crippen LogP contribution in [0.3, 0.4) is 0 Å². The van der Waals surface area contributed by atoms with E-state index in [1.807, 2.05) is 55.5 Å². The number of hydrogen-bond donors (Lipinski definition) is 1. The maximum absolute atomic E-state index is 12.6. The highest BCUT2D eigenvalue weighted by Crippen LogP contribution is 2.27. The maximum atomic E-state index is 12.6. The van der Waals surface area contributed by atoms with Crippen molar-refractivity contribution in [1.29, 1.82) is 0 Å².